The van der Waals surface area contributed by atoms with E-state index in [-0.39, 0.29) is 29.9 Å². The molecule has 1 aliphatic carbocycles. The molecule has 0 aromatic carbocycles. The van der Waals surface area contributed by atoms with Crippen LogP contribution in [0.5, 0.6) is 0 Å². The number of aromatic carboxylic acids is 1. The Kier molecular flexibility index (Phi) is 4.31. The molecule has 1 N–H and O–H groups in total. The molecule has 6 heteroatoms. The van der Waals surface area contributed by atoms with E-state index >= 15 is 0 Å². The summed E-state index contributed by atoms with van der Waals surface area (Å²) in [6, 6.07) is 0.138. The van der Waals surface area contributed by atoms with Crippen molar-refractivity contribution in [3.63, 3.8) is 0 Å². The standard InChI is InChI=1S/C14H15N3O3/c1-2-7-17(10-5-3-4-6-10)13(18)11-8-16-12(9-15-11)14(19)20/h1,8-10H,3-7H2,(H,19,20). The topological polar surface area (TPSA) is 83.4 Å². The highest BCUT2D eigenvalue weighted by Gasteiger charge is 2.27. The zero-order valence-electron chi connectivity index (χ0n) is 11.0. The van der Waals surface area contributed by atoms with Gasteiger partial charge < -0.3 is 10.0 Å². The highest BCUT2D eigenvalue weighted by Crippen LogP contribution is 2.24. The minimum atomic E-state index is -1.17. The Morgan fingerprint density at radius 1 is 1.30 bits per heavy atom. The Balaban J connectivity index is 2.18. The molecule has 6 nitrogen and oxygen atoms in total. The average molecular weight is 273 g/mol. The van der Waals surface area contributed by atoms with Crippen LogP contribution in [-0.4, -0.2) is 44.4 Å². The molecule has 0 atom stereocenters. The van der Waals surface area contributed by atoms with Gasteiger partial charge in [0, 0.05) is 6.04 Å². The lowest BCUT2D eigenvalue weighted by Gasteiger charge is -2.26. The lowest BCUT2D eigenvalue weighted by molar-refractivity contribution is 0.0678. The van der Waals surface area contributed by atoms with Crippen LogP contribution in [0.2, 0.25) is 0 Å². The van der Waals surface area contributed by atoms with E-state index in [9.17, 15) is 9.59 Å². The number of rotatable bonds is 4. The van der Waals surface area contributed by atoms with E-state index in [0.717, 1.165) is 31.9 Å². The molecule has 0 radical (unpaired) electrons. The third kappa shape index (κ3) is 2.94. The van der Waals surface area contributed by atoms with E-state index in [1.165, 1.54) is 6.20 Å². The first kappa shape index (κ1) is 14.0. The Labute approximate surface area is 116 Å². The number of carbonyl (C=O) groups is 2. The van der Waals surface area contributed by atoms with Crippen LogP contribution in [0.4, 0.5) is 0 Å². The summed E-state index contributed by atoms with van der Waals surface area (Å²) in [5.41, 5.74) is -0.0666. The molecule has 20 heavy (non-hydrogen) atoms. The SMILES string of the molecule is C#CCN(C(=O)c1cnc(C(=O)O)cn1)C1CCCC1. The number of terminal acetylenes is 1. The lowest BCUT2D eigenvalue weighted by atomic mass is 10.2. The van der Waals surface area contributed by atoms with Gasteiger partial charge in [0.15, 0.2) is 5.69 Å². The van der Waals surface area contributed by atoms with Crippen molar-refractivity contribution < 1.29 is 14.7 Å². The third-order valence-corrected chi connectivity index (χ3v) is 3.38. The fourth-order valence-electron chi connectivity index (χ4n) is 2.38. The number of carboxylic acid groups (broad SMARTS) is 1. The highest BCUT2D eigenvalue weighted by molar-refractivity contribution is 5.93. The molecule has 1 amide bonds. The van der Waals surface area contributed by atoms with Gasteiger partial charge in [0.1, 0.15) is 5.69 Å². The van der Waals surface area contributed by atoms with Crippen LogP contribution in [0.15, 0.2) is 12.4 Å². The molecule has 1 aromatic heterocycles. The molecule has 104 valence electrons. The van der Waals surface area contributed by atoms with Gasteiger partial charge in [-0.25, -0.2) is 14.8 Å². The van der Waals surface area contributed by atoms with Crippen molar-refractivity contribution in [1.29, 1.82) is 0 Å². The molecule has 1 aromatic rings. The van der Waals surface area contributed by atoms with Crippen LogP contribution in [0.25, 0.3) is 0 Å². The molecule has 0 unspecified atom stereocenters. The van der Waals surface area contributed by atoms with Crippen molar-refractivity contribution >= 4 is 11.9 Å². The van der Waals surface area contributed by atoms with Gasteiger partial charge in [-0.2, -0.15) is 0 Å². The average Bonchev–Trinajstić information content (AvgIpc) is 2.98. The van der Waals surface area contributed by atoms with Crippen LogP contribution in [-0.2, 0) is 0 Å². The number of amides is 1. The first-order chi connectivity index (χ1) is 9.63. The van der Waals surface area contributed by atoms with Crippen LogP contribution in [0, 0.1) is 12.3 Å². The van der Waals surface area contributed by atoms with Gasteiger partial charge in [-0.15, -0.1) is 6.42 Å². The minimum absolute atomic E-state index is 0.122. The second-order valence-corrected chi connectivity index (χ2v) is 4.67. The van der Waals surface area contributed by atoms with Crippen LogP contribution < -0.4 is 0 Å². The van der Waals surface area contributed by atoms with Crippen LogP contribution in [0.3, 0.4) is 0 Å². The van der Waals surface area contributed by atoms with E-state index in [0.29, 0.717) is 0 Å². The van der Waals surface area contributed by atoms with E-state index in [2.05, 4.69) is 15.9 Å². The van der Waals surface area contributed by atoms with Crippen LogP contribution in [0.1, 0.15) is 46.7 Å². The first-order valence-electron chi connectivity index (χ1n) is 6.43. The summed E-state index contributed by atoms with van der Waals surface area (Å²) in [4.78, 5) is 32.3. The summed E-state index contributed by atoms with van der Waals surface area (Å²) in [5.74, 6) is 1.02. The molecule has 1 fully saturated rings. The molecular weight excluding hydrogens is 258 g/mol. The molecule has 1 heterocycles. The number of carboxylic acids is 1. The van der Waals surface area contributed by atoms with Gasteiger partial charge in [0.05, 0.1) is 18.9 Å². The minimum Gasteiger partial charge on any atom is -0.476 e. The molecule has 1 aliphatic rings. The normalized spacial score (nSPS) is 14.8. The van der Waals surface area contributed by atoms with Gasteiger partial charge in [0.2, 0.25) is 0 Å². The molecular formula is C14H15N3O3. The van der Waals surface area contributed by atoms with Crippen molar-refractivity contribution in [2.75, 3.05) is 6.54 Å². The number of carbonyl (C=O) groups excluding carboxylic acids is 1. The lowest BCUT2D eigenvalue weighted by Crippen LogP contribution is -2.39. The van der Waals surface area contributed by atoms with Gasteiger partial charge in [-0.05, 0) is 12.8 Å². The van der Waals surface area contributed by atoms with Gasteiger partial charge >= 0.3 is 5.97 Å². The molecule has 0 spiro atoms. The van der Waals surface area contributed by atoms with Gasteiger partial charge in [-0.1, -0.05) is 18.8 Å². The Bertz CT molecular complexity index is 542. The van der Waals surface area contributed by atoms with Crippen molar-refractivity contribution in [2.24, 2.45) is 0 Å². The monoisotopic (exact) mass is 273 g/mol. The van der Waals surface area contributed by atoms with Crippen molar-refractivity contribution in [2.45, 2.75) is 31.7 Å². The number of nitrogens with zero attached hydrogens (tertiary/aromatic N) is 3. The predicted octanol–water partition coefficient (Wildman–Crippen LogP) is 1.19. The Morgan fingerprint density at radius 2 is 1.90 bits per heavy atom. The third-order valence-electron chi connectivity index (χ3n) is 3.38. The second kappa shape index (κ2) is 6.15. The Morgan fingerprint density at radius 3 is 2.40 bits per heavy atom. The molecule has 0 bridgehead atoms. The van der Waals surface area contributed by atoms with Gasteiger partial charge in [0.25, 0.3) is 5.91 Å². The zero-order chi connectivity index (χ0) is 14.5. The zero-order valence-corrected chi connectivity index (χ0v) is 11.0. The summed E-state index contributed by atoms with van der Waals surface area (Å²) in [7, 11) is 0. The second-order valence-electron chi connectivity index (χ2n) is 4.67. The molecule has 2 rings (SSSR count). The predicted molar refractivity (Wildman–Crippen MR) is 71.1 cm³/mol. The molecule has 0 saturated heterocycles. The quantitative estimate of drug-likeness (QED) is 0.833. The fourth-order valence-corrected chi connectivity index (χ4v) is 2.38. The highest BCUT2D eigenvalue weighted by atomic mass is 16.4. The summed E-state index contributed by atoms with van der Waals surface area (Å²) < 4.78 is 0. The fraction of sp³-hybridized carbons (Fsp3) is 0.429. The number of hydrogen-bond acceptors (Lipinski definition) is 4. The number of aromatic nitrogens is 2. The van der Waals surface area contributed by atoms with E-state index in [1.54, 1.807) is 4.90 Å². The van der Waals surface area contributed by atoms with Crippen molar-refractivity contribution in [1.82, 2.24) is 14.9 Å². The largest absolute Gasteiger partial charge is 0.476 e. The molecule has 1 saturated carbocycles. The van der Waals surface area contributed by atoms with Crippen molar-refractivity contribution in [3.8, 4) is 12.3 Å². The summed E-state index contributed by atoms with van der Waals surface area (Å²) in [5, 5.41) is 8.76. The number of hydrogen-bond donors (Lipinski definition) is 1. The summed E-state index contributed by atoms with van der Waals surface area (Å²) >= 11 is 0. The van der Waals surface area contributed by atoms with E-state index in [4.69, 9.17) is 11.5 Å². The maximum atomic E-state index is 12.4. The van der Waals surface area contributed by atoms with Crippen molar-refractivity contribution in [3.05, 3.63) is 23.8 Å². The summed E-state index contributed by atoms with van der Waals surface area (Å²) in [6.07, 6.45) is 11.6. The van der Waals surface area contributed by atoms with Gasteiger partial charge in [-0.3, -0.25) is 4.79 Å². The van der Waals surface area contributed by atoms with E-state index in [1.807, 2.05) is 0 Å². The first-order valence-corrected chi connectivity index (χ1v) is 6.43. The summed E-state index contributed by atoms with van der Waals surface area (Å²) in [6.45, 7) is 0.228. The van der Waals surface area contributed by atoms with E-state index < -0.39 is 5.97 Å². The maximum Gasteiger partial charge on any atom is 0.356 e. The molecule has 0 aliphatic heterocycles. The maximum absolute atomic E-state index is 12.4. The van der Waals surface area contributed by atoms with Crippen LogP contribution >= 0.6 is 0 Å². The Hall–Kier alpha value is -2.42. The smallest absolute Gasteiger partial charge is 0.356 e.